The maximum atomic E-state index is 11.4. The fourth-order valence-corrected chi connectivity index (χ4v) is 1.57. The lowest BCUT2D eigenvalue weighted by atomic mass is 10.1. The van der Waals surface area contributed by atoms with Crippen LogP contribution in [0.2, 0.25) is 0 Å². The third kappa shape index (κ3) is 3.38. The van der Waals surface area contributed by atoms with Crippen molar-refractivity contribution in [2.75, 3.05) is 5.32 Å². The van der Waals surface area contributed by atoms with Crippen molar-refractivity contribution in [2.45, 2.75) is 6.42 Å². The molecule has 19 heavy (non-hydrogen) atoms. The summed E-state index contributed by atoms with van der Waals surface area (Å²) in [5, 5.41) is 9.05. The van der Waals surface area contributed by atoms with Gasteiger partial charge in [0, 0.05) is 23.7 Å². The largest absolute Gasteiger partial charge is 0.326 e. The topological polar surface area (TPSA) is 74.8 Å². The lowest BCUT2D eigenvalue weighted by Gasteiger charge is -2.05. The number of rotatable bonds is 4. The van der Waals surface area contributed by atoms with Crippen molar-refractivity contribution in [1.82, 2.24) is 10.2 Å². The Hall–Kier alpha value is -2.69. The molecule has 0 bridgehead atoms. The molecule has 2 rings (SSSR count). The molecule has 2 N–H and O–H groups in total. The Morgan fingerprint density at radius 2 is 2.00 bits per heavy atom. The number of hydrogen-bond donors (Lipinski definition) is 2. The number of carbonyl (C=O) groups excluding carboxylic acids is 1. The molecule has 5 nitrogen and oxygen atoms in total. The number of amides is 1. The number of benzene rings is 1. The highest BCUT2D eigenvalue weighted by atomic mass is 16.1. The van der Waals surface area contributed by atoms with E-state index in [1.165, 1.54) is 6.07 Å². The molecule has 0 aliphatic carbocycles. The monoisotopic (exact) mass is 255 g/mol. The summed E-state index contributed by atoms with van der Waals surface area (Å²) in [6.45, 7) is 3.51. The molecule has 1 aromatic carbocycles. The third-order valence-corrected chi connectivity index (χ3v) is 2.47. The third-order valence-electron chi connectivity index (χ3n) is 2.47. The Morgan fingerprint density at radius 3 is 2.58 bits per heavy atom. The first kappa shape index (κ1) is 12.8. The number of H-pyrrole nitrogens is 1. The molecular formula is C14H13N3O2. The van der Waals surface area contributed by atoms with Crippen LogP contribution in [-0.4, -0.2) is 16.1 Å². The minimum absolute atomic E-state index is 0.107. The summed E-state index contributed by atoms with van der Waals surface area (Å²) < 4.78 is 0. The van der Waals surface area contributed by atoms with Crippen LogP contribution in [0, 0.1) is 0 Å². The van der Waals surface area contributed by atoms with Crippen molar-refractivity contribution in [3.05, 3.63) is 59.4 Å². The predicted molar refractivity (Wildman–Crippen MR) is 73.7 cm³/mol. The van der Waals surface area contributed by atoms with E-state index >= 15 is 0 Å². The van der Waals surface area contributed by atoms with Crippen LogP contribution in [0.15, 0.2) is 53.8 Å². The molecule has 0 aliphatic heterocycles. The average Bonchev–Trinajstić information content (AvgIpc) is 2.41. The molecule has 96 valence electrons. The van der Waals surface area contributed by atoms with Gasteiger partial charge in [0.05, 0.1) is 5.69 Å². The number of aromatic amines is 1. The second kappa shape index (κ2) is 5.77. The number of aromatic nitrogens is 2. The number of nitrogens with zero attached hydrogens (tertiary/aromatic N) is 1. The van der Waals surface area contributed by atoms with Crippen molar-refractivity contribution in [1.29, 1.82) is 0 Å². The van der Waals surface area contributed by atoms with Crippen molar-refractivity contribution in [2.24, 2.45) is 0 Å². The van der Waals surface area contributed by atoms with Crippen LogP contribution >= 0.6 is 0 Å². The first-order valence-electron chi connectivity index (χ1n) is 5.76. The highest BCUT2D eigenvalue weighted by Gasteiger charge is 2.02. The Labute approximate surface area is 110 Å². The van der Waals surface area contributed by atoms with Gasteiger partial charge in [0.1, 0.15) is 0 Å². The molecule has 2 aromatic rings. The van der Waals surface area contributed by atoms with Crippen LogP contribution in [0.5, 0.6) is 0 Å². The van der Waals surface area contributed by atoms with Crippen molar-refractivity contribution < 1.29 is 4.79 Å². The van der Waals surface area contributed by atoms with Gasteiger partial charge in [-0.3, -0.25) is 9.59 Å². The first-order chi connectivity index (χ1) is 9.19. The number of carbonyl (C=O) groups is 1. The van der Waals surface area contributed by atoms with Gasteiger partial charge in [0.25, 0.3) is 5.56 Å². The molecule has 1 amide bonds. The van der Waals surface area contributed by atoms with Gasteiger partial charge in [-0.05, 0) is 18.2 Å². The predicted octanol–water partition coefficient (Wildman–Crippen LogP) is 1.95. The lowest BCUT2D eigenvalue weighted by molar-refractivity contribution is -0.115. The number of hydrogen-bond acceptors (Lipinski definition) is 3. The van der Waals surface area contributed by atoms with Gasteiger partial charge in [-0.25, -0.2) is 5.10 Å². The van der Waals surface area contributed by atoms with Gasteiger partial charge in [0.2, 0.25) is 5.91 Å². The average molecular weight is 255 g/mol. The molecule has 0 spiro atoms. The van der Waals surface area contributed by atoms with Crippen LogP contribution in [0.4, 0.5) is 5.69 Å². The van der Waals surface area contributed by atoms with Gasteiger partial charge < -0.3 is 5.32 Å². The summed E-state index contributed by atoms with van der Waals surface area (Å²) in [4.78, 5) is 22.3. The van der Waals surface area contributed by atoms with E-state index in [0.717, 1.165) is 5.56 Å². The zero-order valence-electron chi connectivity index (χ0n) is 10.2. The summed E-state index contributed by atoms with van der Waals surface area (Å²) in [6, 6.07) is 10.3. The zero-order valence-corrected chi connectivity index (χ0v) is 10.2. The van der Waals surface area contributed by atoms with Gasteiger partial charge in [-0.1, -0.05) is 18.2 Å². The molecule has 0 unspecified atom stereocenters. The molecule has 0 radical (unpaired) electrons. The SMILES string of the molecule is C=CCC(=O)Nc1ccc(-c2ccc(=O)[nH]n2)cc1. The van der Waals surface area contributed by atoms with Crippen LogP contribution < -0.4 is 10.9 Å². The summed E-state index contributed by atoms with van der Waals surface area (Å²) in [5.74, 6) is -0.107. The highest BCUT2D eigenvalue weighted by molar-refractivity contribution is 5.91. The van der Waals surface area contributed by atoms with Gasteiger partial charge in [-0.2, -0.15) is 5.10 Å². The highest BCUT2D eigenvalue weighted by Crippen LogP contribution is 2.18. The fraction of sp³-hybridized carbons (Fsp3) is 0.0714. The van der Waals surface area contributed by atoms with E-state index in [0.29, 0.717) is 11.4 Å². The summed E-state index contributed by atoms with van der Waals surface area (Å²) in [5.41, 5.74) is 2.00. The lowest BCUT2D eigenvalue weighted by Crippen LogP contribution is -2.09. The van der Waals surface area contributed by atoms with E-state index in [9.17, 15) is 9.59 Å². The number of anilines is 1. The Balaban J connectivity index is 2.14. The van der Waals surface area contributed by atoms with E-state index in [-0.39, 0.29) is 17.9 Å². The molecule has 1 aromatic heterocycles. The van der Waals surface area contributed by atoms with E-state index in [4.69, 9.17) is 0 Å². The molecule has 0 aliphatic rings. The quantitative estimate of drug-likeness (QED) is 0.820. The van der Waals surface area contributed by atoms with Gasteiger partial charge in [0.15, 0.2) is 0 Å². The summed E-state index contributed by atoms with van der Waals surface area (Å²) >= 11 is 0. The molecule has 1 heterocycles. The van der Waals surface area contributed by atoms with Gasteiger partial charge in [-0.15, -0.1) is 6.58 Å². The Morgan fingerprint density at radius 1 is 1.26 bits per heavy atom. The maximum Gasteiger partial charge on any atom is 0.264 e. The van der Waals surface area contributed by atoms with Crippen LogP contribution in [-0.2, 0) is 4.79 Å². The summed E-state index contributed by atoms with van der Waals surface area (Å²) in [7, 11) is 0. The molecule has 0 fully saturated rings. The molecular weight excluding hydrogens is 242 g/mol. The van der Waals surface area contributed by atoms with Crippen LogP contribution in [0.3, 0.4) is 0 Å². The van der Waals surface area contributed by atoms with E-state index in [1.54, 1.807) is 24.3 Å². The minimum atomic E-state index is -0.239. The standard InChI is InChI=1S/C14H13N3O2/c1-2-3-13(18)15-11-6-4-10(5-7-11)12-8-9-14(19)17-16-12/h2,4-9H,1,3H2,(H,15,18)(H,17,19). The second-order valence-electron chi connectivity index (χ2n) is 3.92. The van der Waals surface area contributed by atoms with Crippen LogP contribution in [0.25, 0.3) is 11.3 Å². The Kier molecular flexibility index (Phi) is 3.87. The molecule has 0 atom stereocenters. The van der Waals surface area contributed by atoms with Crippen molar-refractivity contribution in [3.63, 3.8) is 0 Å². The van der Waals surface area contributed by atoms with E-state index < -0.39 is 0 Å². The smallest absolute Gasteiger partial charge is 0.264 e. The number of nitrogens with one attached hydrogen (secondary N) is 2. The normalized spacial score (nSPS) is 9.89. The first-order valence-corrected chi connectivity index (χ1v) is 5.76. The van der Waals surface area contributed by atoms with Crippen LogP contribution in [0.1, 0.15) is 6.42 Å². The maximum absolute atomic E-state index is 11.4. The zero-order chi connectivity index (χ0) is 13.7. The fourth-order valence-electron chi connectivity index (χ4n) is 1.57. The molecule has 0 saturated carbocycles. The Bertz CT molecular complexity index is 624. The minimum Gasteiger partial charge on any atom is -0.326 e. The van der Waals surface area contributed by atoms with E-state index in [2.05, 4.69) is 22.1 Å². The summed E-state index contributed by atoms with van der Waals surface area (Å²) in [6.07, 6.45) is 1.83. The van der Waals surface area contributed by atoms with Crippen molar-refractivity contribution >= 4 is 11.6 Å². The van der Waals surface area contributed by atoms with Gasteiger partial charge >= 0.3 is 0 Å². The molecule has 0 saturated heterocycles. The van der Waals surface area contributed by atoms with E-state index in [1.807, 2.05) is 12.1 Å². The molecule has 5 heteroatoms. The second-order valence-corrected chi connectivity index (χ2v) is 3.92. The van der Waals surface area contributed by atoms with Crippen molar-refractivity contribution in [3.8, 4) is 11.3 Å².